The van der Waals surface area contributed by atoms with Crippen LogP contribution in [0.25, 0.3) is 11.0 Å². The minimum absolute atomic E-state index is 0.0667. The zero-order chi connectivity index (χ0) is 19.5. The van der Waals surface area contributed by atoms with Crippen molar-refractivity contribution in [3.05, 3.63) is 64.4 Å². The standard InChI is InChI=1S/C22H25ClN4O/c1-15-6-7-19-20(12-15)26-21(25-19)14-27-10-8-16(9-11-27)22(28)24-13-17-4-2-3-5-18(17)23/h2-7,12,16H,8-11,13-14H2,1H3,(H,24,28)(H,25,26). The summed E-state index contributed by atoms with van der Waals surface area (Å²) in [6, 6.07) is 13.9. The van der Waals surface area contributed by atoms with E-state index in [1.54, 1.807) is 0 Å². The molecule has 2 aromatic carbocycles. The molecule has 0 saturated carbocycles. The third-order valence-corrected chi connectivity index (χ3v) is 5.80. The number of hydrogen-bond donors (Lipinski definition) is 2. The zero-order valence-corrected chi connectivity index (χ0v) is 16.8. The number of nitrogens with zero attached hydrogens (tertiary/aromatic N) is 2. The van der Waals surface area contributed by atoms with Gasteiger partial charge in [0.05, 0.1) is 17.6 Å². The fourth-order valence-electron chi connectivity index (χ4n) is 3.78. The average Bonchev–Trinajstić information content (AvgIpc) is 3.09. The molecule has 0 aliphatic carbocycles. The number of piperidine rings is 1. The fourth-order valence-corrected chi connectivity index (χ4v) is 3.99. The molecule has 1 fully saturated rings. The Morgan fingerprint density at radius 3 is 2.82 bits per heavy atom. The molecule has 0 radical (unpaired) electrons. The van der Waals surface area contributed by atoms with Gasteiger partial charge >= 0.3 is 0 Å². The van der Waals surface area contributed by atoms with Crippen LogP contribution in [0.3, 0.4) is 0 Å². The van der Waals surface area contributed by atoms with Crippen LogP contribution < -0.4 is 5.32 Å². The van der Waals surface area contributed by atoms with Crippen molar-refractivity contribution in [3.8, 4) is 0 Å². The molecule has 28 heavy (non-hydrogen) atoms. The molecule has 4 rings (SSSR count). The third kappa shape index (κ3) is 4.37. The molecule has 0 atom stereocenters. The van der Waals surface area contributed by atoms with Crippen molar-refractivity contribution >= 4 is 28.5 Å². The number of aryl methyl sites for hydroxylation is 1. The van der Waals surface area contributed by atoms with Gasteiger partial charge in [-0.1, -0.05) is 35.9 Å². The predicted octanol–water partition coefficient (Wildman–Crippen LogP) is 4.05. The average molecular weight is 397 g/mol. The molecule has 5 nitrogen and oxygen atoms in total. The molecule has 1 amide bonds. The molecule has 1 aliphatic rings. The lowest BCUT2D eigenvalue weighted by Crippen LogP contribution is -2.40. The number of halogens is 1. The summed E-state index contributed by atoms with van der Waals surface area (Å²) in [5, 5.41) is 3.73. The molecule has 0 unspecified atom stereocenters. The van der Waals surface area contributed by atoms with Crippen molar-refractivity contribution in [2.45, 2.75) is 32.9 Å². The molecule has 1 saturated heterocycles. The lowest BCUT2D eigenvalue weighted by atomic mass is 9.96. The number of carbonyl (C=O) groups excluding carboxylic acids is 1. The van der Waals surface area contributed by atoms with Gasteiger partial charge in [0.25, 0.3) is 0 Å². The largest absolute Gasteiger partial charge is 0.352 e. The van der Waals surface area contributed by atoms with E-state index < -0.39 is 0 Å². The Kier molecular flexibility index (Phi) is 5.64. The highest BCUT2D eigenvalue weighted by molar-refractivity contribution is 6.31. The van der Waals surface area contributed by atoms with Crippen molar-refractivity contribution in [3.63, 3.8) is 0 Å². The van der Waals surface area contributed by atoms with Crippen LogP contribution in [0.2, 0.25) is 5.02 Å². The predicted molar refractivity (Wildman–Crippen MR) is 112 cm³/mol. The number of benzene rings is 2. The minimum Gasteiger partial charge on any atom is -0.352 e. The number of likely N-dealkylation sites (tertiary alicyclic amines) is 1. The summed E-state index contributed by atoms with van der Waals surface area (Å²) in [6.07, 6.45) is 1.74. The minimum atomic E-state index is 0.0667. The Balaban J connectivity index is 1.27. The van der Waals surface area contributed by atoms with Crippen LogP contribution in [-0.4, -0.2) is 33.9 Å². The summed E-state index contributed by atoms with van der Waals surface area (Å²) in [5.74, 6) is 1.18. The van der Waals surface area contributed by atoms with Gasteiger partial charge in [-0.2, -0.15) is 0 Å². The van der Waals surface area contributed by atoms with Gasteiger partial charge in [0.2, 0.25) is 5.91 Å². The quantitative estimate of drug-likeness (QED) is 0.683. The van der Waals surface area contributed by atoms with Gasteiger partial charge in [0.15, 0.2) is 0 Å². The van der Waals surface area contributed by atoms with E-state index in [9.17, 15) is 4.79 Å². The van der Waals surface area contributed by atoms with Crippen LogP contribution in [0.4, 0.5) is 0 Å². The summed E-state index contributed by atoms with van der Waals surface area (Å²) in [4.78, 5) is 23.0. The summed E-state index contributed by atoms with van der Waals surface area (Å²) in [7, 11) is 0. The molecule has 2 N–H and O–H groups in total. The van der Waals surface area contributed by atoms with Crippen molar-refractivity contribution in [1.29, 1.82) is 0 Å². The van der Waals surface area contributed by atoms with E-state index in [1.165, 1.54) is 5.56 Å². The van der Waals surface area contributed by atoms with Crippen LogP contribution in [0, 0.1) is 12.8 Å². The van der Waals surface area contributed by atoms with E-state index in [0.717, 1.165) is 54.9 Å². The fraction of sp³-hybridized carbons (Fsp3) is 0.364. The lowest BCUT2D eigenvalue weighted by molar-refractivity contribution is -0.126. The maximum absolute atomic E-state index is 12.5. The first-order valence-electron chi connectivity index (χ1n) is 9.77. The topological polar surface area (TPSA) is 61.0 Å². The van der Waals surface area contributed by atoms with E-state index in [-0.39, 0.29) is 11.8 Å². The Morgan fingerprint density at radius 2 is 2.04 bits per heavy atom. The number of H-pyrrole nitrogens is 1. The SMILES string of the molecule is Cc1ccc2nc(CN3CCC(C(=O)NCc4ccccc4Cl)CC3)[nH]c2c1. The van der Waals surface area contributed by atoms with Gasteiger partial charge in [-0.3, -0.25) is 9.69 Å². The summed E-state index contributed by atoms with van der Waals surface area (Å²) >= 11 is 6.16. The second-order valence-corrected chi connectivity index (χ2v) is 7.97. The monoisotopic (exact) mass is 396 g/mol. The second kappa shape index (κ2) is 8.33. The normalized spacial score (nSPS) is 15.8. The highest BCUT2D eigenvalue weighted by atomic mass is 35.5. The Bertz CT molecular complexity index is 976. The molecule has 0 bridgehead atoms. The molecule has 0 spiro atoms. The molecule has 1 aromatic heterocycles. The maximum atomic E-state index is 12.5. The van der Waals surface area contributed by atoms with Crippen molar-refractivity contribution in [1.82, 2.24) is 20.2 Å². The van der Waals surface area contributed by atoms with Crippen molar-refractivity contribution in [2.24, 2.45) is 5.92 Å². The number of imidazole rings is 1. The number of carbonyl (C=O) groups is 1. The molecule has 146 valence electrons. The van der Waals surface area contributed by atoms with Gasteiger partial charge < -0.3 is 10.3 Å². The van der Waals surface area contributed by atoms with Crippen LogP contribution in [-0.2, 0) is 17.9 Å². The Morgan fingerprint density at radius 1 is 1.25 bits per heavy atom. The van der Waals surface area contributed by atoms with E-state index in [4.69, 9.17) is 11.6 Å². The van der Waals surface area contributed by atoms with Crippen LogP contribution in [0.1, 0.15) is 29.8 Å². The smallest absolute Gasteiger partial charge is 0.223 e. The lowest BCUT2D eigenvalue weighted by Gasteiger charge is -2.30. The summed E-state index contributed by atoms with van der Waals surface area (Å²) in [6.45, 7) is 5.17. The maximum Gasteiger partial charge on any atom is 0.223 e. The molecule has 3 aromatic rings. The number of aromatic nitrogens is 2. The van der Waals surface area contributed by atoms with Crippen molar-refractivity contribution in [2.75, 3.05) is 13.1 Å². The van der Waals surface area contributed by atoms with Gasteiger partial charge in [0.1, 0.15) is 5.82 Å². The van der Waals surface area contributed by atoms with Gasteiger partial charge in [-0.25, -0.2) is 4.98 Å². The number of aromatic amines is 1. The number of rotatable bonds is 5. The number of nitrogens with one attached hydrogen (secondary N) is 2. The summed E-state index contributed by atoms with van der Waals surface area (Å²) < 4.78 is 0. The van der Waals surface area contributed by atoms with Gasteiger partial charge in [-0.05, 0) is 62.2 Å². The summed E-state index contributed by atoms with van der Waals surface area (Å²) in [5.41, 5.74) is 4.28. The number of amides is 1. The molecule has 2 heterocycles. The highest BCUT2D eigenvalue weighted by Gasteiger charge is 2.25. The van der Waals surface area contributed by atoms with Crippen molar-refractivity contribution < 1.29 is 4.79 Å². The molecule has 6 heteroatoms. The van der Waals surface area contributed by atoms with E-state index in [2.05, 4.69) is 45.3 Å². The van der Waals surface area contributed by atoms with Crippen LogP contribution in [0.5, 0.6) is 0 Å². The second-order valence-electron chi connectivity index (χ2n) is 7.56. The Hall–Kier alpha value is -2.37. The van der Waals surface area contributed by atoms with Gasteiger partial charge in [-0.15, -0.1) is 0 Å². The highest BCUT2D eigenvalue weighted by Crippen LogP contribution is 2.21. The first-order chi connectivity index (χ1) is 13.6. The van der Waals surface area contributed by atoms with E-state index in [0.29, 0.717) is 11.6 Å². The number of fused-ring (bicyclic) bond motifs is 1. The number of hydrogen-bond acceptors (Lipinski definition) is 3. The molecular weight excluding hydrogens is 372 g/mol. The molecular formula is C22H25ClN4O. The Labute approximate surface area is 170 Å². The van der Waals surface area contributed by atoms with Crippen LogP contribution in [0.15, 0.2) is 42.5 Å². The zero-order valence-electron chi connectivity index (χ0n) is 16.0. The van der Waals surface area contributed by atoms with Crippen LogP contribution >= 0.6 is 11.6 Å². The van der Waals surface area contributed by atoms with E-state index in [1.807, 2.05) is 24.3 Å². The first-order valence-corrected chi connectivity index (χ1v) is 10.1. The third-order valence-electron chi connectivity index (χ3n) is 5.43. The van der Waals surface area contributed by atoms with Gasteiger partial charge in [0, 0.05) is 17.5 Å². The first kappa shape index (κ1) is 19.0. The van der Waals surface area contributed by atoms with E-state index >= 15 is 0 Å². The molecule has 1 aliphatic heterocycles.